The van der Waals surface area contributed by atoms with Gasteiger partial charge < -0.3 is 11.1 Å². The highest BCUT2D eigenvalue weighted by atomic mass is 32.1. The number of benzene rings is 1. The van der Waals surface area contributed by atoms with Gasteiger partial charge in [0.15, 0.2) is 0 Å². The first kappa shape index (κ1) is 17.9. The van der Waals surface area contributed by atoms with Gasteiger partial charge in [0.25, 0.3) is 5.91 Å². The summed E-state index contributed by atoms with van der Waals surface area (Å²) < 4.78 is 0. The molecule has 0 aliphatic heterocycles. The zero-order chi connectivity index (χ0) is 19.5. The monoisotopic (exact) mass is 394 g/mol. The fourth-order valence-corrected chi connectivity index (χ4v) is 7.24. The van der Waals surface area contributed by atoms with Gasteiger partial charge in [-0.15, -0.1) is 11.3 Å². The summed E-state index contributed by atoms with van der Waals surface area (Å²) in [4.78, 5) is 27.0. The molecular weight excluding hydrogens is 368 g/mol. The fourth-order valence-electron chi connectivity index (χ4n) is 6.24. The van der Waals surface area contributed by atoms with Gasteiger partial charge in [-0.05, 0) is 80.0 Å². The summed E-state index contributed by atoms with van der Waals surface area (Å²) in [5.74, 6) is 1.28. The lowest BCUT2D eigenvalue weighted by Gasteiger charge is -2.58. The van der Waals surface area contributed by atoms with Crippen LogP contribution in [0.1, 0.15) is 47.3 Å². The van der Waals surface area contributed by atoms with Crippen molar-refractivity contribution in [3.8, 4) is 10.4 Å². The lowest BCUT2D eigenvalue weighted by molar-refractivity contribution is -0.145. The number of carbonyl (C=O) groups is 2. The molecule has 3 N–H and O–H groups in total. The number of aryl methyl sites for hydroxylation is 1. The van der Waals surface area contributed by atoms with E-state index in [2.05, 4.69) is 24.4 Å². The Bertz CT molecular complexity index is 934. The quantitative estimate of drug-likeness (QED) is 0.818. The maximum absolute atomic E-state index is 13.0. The number of thiophene rings is 1. The van der Waals surface area contributed by atoms with Crippen LogP contribution in [0.3, 0.4) is 0 Å². The van der Waals surface area contributed by atoms with E-state index in [1.54, 1.807) is 11.3 Å². The zero-order valence-corrected chi connectivity index (χ0v) is 16.9. The smallest absolute Gasteiger partial charge is 0.261 e. The molecule has 4 nitrogen and oxygen atoms in total. The van der Waals surface area contributed by atoms with Crippen molar-refractivity contribution in [2.75, 3.05) is 0 Å². The zero-order valence-electron chi connectivity index (χ0n) is 16.1. The van der Waals surface area contributed by atoms with Crippen molar-refractivity contribution in [1.82, 2.24) is 5.32 Å². The molecule has 2 aromatic rings. The second kappa shape index (κ2) is 6.45. The number of amides is 2. The Morgan fingerprint density at radius 1 is 1.07 bits per heavy atom. The highest BCUT2D eigenvalue weighted by Gasteiger charge is 2.58. The highest BCUT2D eigenvalue weighted by molar-refractivity contribution is 7.17. The van der Waals surface area contributed by atoms with E-state index in [0.29, 0.717) is 17.8 Å². The van der Waals surface area contributed by atoms with E-state index in [4.69, 9.17) is 5.73 Å². The molecule has 4 aliphatic rings. The van der Waals surface area contributed by atoms with Gasteiger partial charge in [0.05, 0.1) is 4.88 Å². The van der Waals surface area contributed by atoms with E-state index in [9.17, 15) is 9.59 Å². The van der Waals surface area contributed by atoms with Gasteiger partial charge in [-0.2, -0.15) is 0 Å². The van der Waals surface area contributed by atoms with E-state index < -0.39 is 0 Å². The molecule has 4 saturated carbocycles. The first-order valence-corrected chi connectivity index (χ1v) is 11.0. The van der Waals surface area contributed by atoms with Crippen LogP contribution in [0.2, 0.25) is 0 Å². The summed E-state index contributed by atoms with van der Waals surface area (Å²) in [6.07, 6.45) is 4.89. The summed E-state index contributed by atoms with van der Waals surface area (Å²) in [5.41, 5.74) is 7.87. The maximum atomic E-state index is 13.0. The molecular formula is C23H26N2O2S. The van der Waals surface area contributed by atoms with Crippen LogP contribution >= 0.6 is 11.3 Å². The van der Waals surface area contributed by atoms with Crippen molar-refractivity contribution >= 4 is 23.2 Å². The molecule has 4 bridgehead atoms. The second-order valence-corrected chi connectivity index (χ2v) is 10.2. The predicted molar refractivity (Wildman–Crippen MR) is 111 cm³/mol. The van der Waals surface area contributed by atoms with Crippen LogP contribution in [0.15, 0.2) is 36.4 Å². The number of hydrogen-bond acceptors (Lipinski definition) is 3. The SMILES string of the molecule is Cc1ccccc1-c1ccc(C(=O)NC2C3CC4CC2CC(C(N)=O)(C4)C3)s1. The predicted octanol–water partition coefficient (Wildman–Crippen LogP) is 4.13. The van der Waals surface area contributed by atoms with Gasteiger partial charge in [0, 0.05) is 16.3 Å². The molecule has 4 fully saturated rings. The largest absolute Gasteiger partial charge is 0.369 e. The van der Waals surface area contributed by atoms with Gasteiger partial charge in [0.2, 0.25) is 5.91 Å². The molecule has 2 amide bonds. The first-order chi connectivity index (χ1) is 13.4. The van der Waals surface area contributed by atoms with E-state index in [0.717, 1.165) is 41.9 Å². The summed E-state index contributed by atoms with van der Waals surface area (Å²) in [6, 6.07) is 12.4. The average Bonchev–Trinajstić information content (AvgIpc) is 3.14. The molecule has 0 saturated heterocycles. The Morgan fingerprint density at radius 2 is 1.79 bits per heavy atom. The van der Waals surface area contributed by atoms with Crippen molar-refractivity contribution in [3.63, 3.8) is 0 Å². The van der Waals surface area contributed by atoms with Crippen molar-refractivity contribution in [2.45, 2.75) is 45.1 Å². The summed E-state index contributed by atoms with van der Waals surface area (Å²) in [6.45, 7) is 2.10. The third-order valence-corrected chi connectivity index (χ3v) is 8.45. The normalized spacial score (nSPS) is 33.0. The first-order valence-electron chi connectivity index (χ1n) is 10.2. The van der Waals surface area contributed by atoms with E-state index in [1.165, 1.54) is 11.1 Å². The summed E-state index contributed by atoms with van der Waals surface area (Å²) in [7, 11) is 0. The van der Waals surface area contributed by atoms with E-state index >= 15 is 0 Å². The number of carbonyl (C=O) groups excluding carboxylic acids is 2. The van der Waals surface area contributed by atoms with E-state index in [-0.39, 0.29) is 23.3 Å². The minimum Gasteiger partial charge on any atom is -0.369 e. The van der Waals surface area contributed by atoms with Crippen molar-refractivity contribution in [2.24, 2.45) is 28.9 Å². The minimum atomic E-state index is -0.307. The Balaban J connectivity index is 1.33. The number of primary amides is 1. The summed E-state index contributed by atoms with van der Waals surface area (Å²) >= 11 is 1.55. The Morgan fingerprint density at radius 3 is 2.46 bits per heavy atom. The van der Waals surface area contributed by atoms with Crippen LogP contribution in [-0.4, -0.2) is 17.9 Å². The number of nitrogens with two attached hydrogens (primary N) is 1. The number of rotatable bonds is 4. The van der Waals surface area contributed by atoms with Gasteiger partial charge in [-0.3, -0.25) is 9.59 Å². The number of nitrogens with one attached hydrogen (secondary N) is 1. The molecule has 1 aromatic carbocycles. The van der Waals surface area contributed by atoms with Crippen molar-refractivity contribution in [1.29, 1.82) is 0 Å². The molecule has 28 heavy (non-hydrogen) atoms. The third kappa shape index (κ3) is 2.79. The van der Waals surface area contributed by atoms with Crippen molar-refractivity contribution in [3.05, 3.63) is 46.8 Å². The Hall–Kier alpha value is -2.14. The molecule has 2 unspecified atom stereocenters. The summed E-state index contributed by atoms with van der Waals surface area (Å²) in [5, 5.41) is 3.33. The van der Waals surface area contributed by atoms with Crippen LogP contribution in [-0.2, 0) is 4.79 Å². The maximum Gasteiger partial charge on any atom is 0.261 e. The van der Waals surface area contributed by atoms with Gasteiger partial charge in [-0.25, -0.2) is 0 Å². The molecule has 5 heteroatoms. The van der Waals surface area contributed by atoms with E-state index in [1.807, 2.05) is 24.3 Å². The van der Waals surface area contributed by atoms with Crippen LogP contribution in [0, 0.1) is 30.1 Å². The lowest BCUT2D eigenvalue weighted by Crippen LogP contribution is -2.62. The lowest BCUT2D eigenvalue weighted by atomic mass is 9.47. The van der Waals surface area contributed by atoms with Gasteiger partial charge in [-0.1, -0.05) is 24.3 Å². The van der Waals surface area contributed by atoms with Crippen molar-refractivity contribution < 1.29 is 9.59 Å². The molecule has 2 atom stereocenters. The molecule has 0 radical (unpaired) electrons. The molecule has 1 aromatic heterocycles. The van der Waals surface area contributed by atoms with Gasteiger partial charge in [0.1, 0.15) is 0 Å². The van der Waals surface area contributed by atoms with Gasteiger partial charge >= 0.3 is 0 Å². The second-order valence-electron chi connectivity index (χ2n) is 9.09. The highest BCUT2D eigenvalue weighted by Crippen LogP contribution is 2.59. The third-order valence-electron chi connectivity index (χ3n) is 7.33. The molecule has 0 spiro atoms. The fraction of sp³-hybridized carbons (Fsp3) is 0.478. The Labute approximate surface area is 169 Å². The minimum absolute atomic E-state index is 0.0235. The standard InChI is InChI=1S/C23H26N2O2S/c1-13-4-2-3-5-17(13)18-6-7-19(28-18)21(26)25-20-15-8-14-9-16(20)12-23(10-14,11-15)22(24)27/h2-7,14-16,20H,8-12H2,1H3,(H2,24,27)(H,25,26). The number of hydrogen-bond donors (Lipinski definition) is 2. The molecule has 1 heterocycles. The molecule has 4 aliphatic carbocycles. The van der Waals surface area contributed by atoms with Crippen LogP contribution in [0.5, 0.6) is 0 Å². The molecule has 146 valence electrons. The van der Waals surface area contributed by atoms with Crippen LogP contribution in [0.25, 0.3) is 10.4 Å². The Kier molecular flexibility index (Phi) is 4.13. The molecule has 6 rings (SSSR count). The topological polar surface area (TPSA) is 72.2 Å². The van der Waals surface area contributed by atoms with Crippen LogP contribution in [0.4, 0.5) is 0 Å². The average molecular weight is 395 g/mol. The van der Waals surface area contributed by atoms with Crippen LogP contribution < -0.4 is 11.1 Å².